The summed E-state index contributed by atoms with van der Waals surface area (Å²) in [4.78, 5) is 0. The smallest absolute Gasteiger partial charge is 0.247 e. The van der Waals surface area contributed by atoms with Crippen LogP contribution in [-0.2, 0) is 12.8 Å². The molecule has 0 aliphatic heterocycles. The van der Waals surface area contributed by atoms with Gasteiger partial charge in [-0.3, -0.25) is 4.57 Å². The average Bonchev–Trinajstić information content (AvgIpc) is 3.07. The lowest BCUT2D eigenvalue weighted by Gasteiger charge is -1.98. The molecule has 0 fully saturated rings. The van der Waals surface area contributed by atoms with Gasteiger partial charge in [0, 0.05) is 17.6 Å². The average molecular weight is 323 g/mol. The number of nitrogens with two attached hydrogens (primary N) is 1. The molecule has 3 aromatic rings. The Morgan fingerprint density at radius 1 is 1.19 bits per heavy atom. The van der Waals surface area contributed by atoms with E-state index in [9.17, 15) is 0 Å². The minimum atomic E-state index is 0.366. The van der Waals surface area contributed by atoms with Gasteiger partial charge in [0.2, 0.25) is 17.7 Å². The lowest BCUT2D eigenvalue weighted by Crippen LogP contribution is -1.98. The molecule has 0 unspecified atom stereocenters. The van der Waals surface area contributed by atoms with E-state index in [-0.39, 0.29) is 0 Å². The summed E-state index contributed by atoms with van der Waals surface area (Å²) in [6.07, 6.45) is 0. The van der Waals surface area contributed by atoms with Crippen molar-refractivity contribution in [3.8, 4) is 11.5 Å². The lowest BCUT2D eigenvalue weighted by atomic mass is 10.2. The molecule has 0 saturated carbocycles. The van der Waals surface area contributed by atoms with Crippen LogP contribution >= 0.6 is 23.4 Å². The van der Waals surface area contributed by atoms with Crippen LogP contribution in [0.5, 0.6) is 0 Å². The van der Waals surface area contributed by atoms with Gasteiger partial charge in [-0.15, -0.1) is 20.4 Å². The molecule has 21 heavy (non-hydrogen) atoms. The minimum absolute atomic E-state index is 0.366. The van der Waals surface area contributed by atoms with Crippen molar-refractivity contribution in [1.29, 1.82) is 0 Å². The molecule has 2 aromatic heterocycles. The van der Waals surface area contributed by atoms with Gasteiger partial charge in [-0.1, -0.05) is 23.4 Å². The number of halogens is 1. The van der Waals surface area contributed by atoms with Gasteiger partial charge < -0.3 is 10.2 Å². The summed E-state index contributed by atoms with van der Waals surface area (Å²) in [5, 5.41) is 17.1. The summed E-state index contributed by atoms with van der Waals surface area (Å²) in [5.74, 6) is 1.82. The predicted molar refractivity (Wildman–Crippen MR) is 79.7 cm³/mol. The maximum Gasteiger partial charge on any atom is 0.247 e. The second kappa shape index (κ2) is 5.74. The van der Waals surface area contributed by atoms with Crippen LogP contribution in [0.3, 0.4) is 0 Å². The van der Waals surface area contributed by atoms with Crippen molar-refractivity contribution >= 4 is 29.3 Å². The highest BCUT2D eigenvalue weighted by Gasteiger charge is 2.11. The summed E-state index contributed by atoms with van der Waals surface area (Å²) in [5.41, 5.74) is 6.44. The second-order valence-corrected chi connectivity index (χ2v) is 5.58. The van der Waals surface area contributed by atoms with Gasteiger partial charge in [0.05, 0.1) is 5.75 Å². The Hall–Kier alpha value is -2.06. The van der Waals surface area contributed by atoms with Gasteiger partial charge in [-0.25, -0.2) is 0 Å². The van der Waals surface area contributed by atoms with E-state index in [0.29, 0.717) is 33.7 Å². The van der Waals surface area contributed by atoms with E-state index in [1.807, 2.05) is 12.1 Å². The first-order chi connectivity index (χ1) is 10.1. The molecule has 1 aromatic carbocycles. The first kappa shape index (κ1) is 13.9. The molecule has 0 radical (unpaired) electrons. The Kier molecular flexibility index (Phi) is 3.80. The lowest BCUT2D eigenvalue weighted by molar-refractivity contribution is 0.528. The van der Waals surface area contributed by atoms with Crippen LogP contribution < -0.4 is 5.73 Å². The molecule has 3 rings (SSSR count). The number of aromatic nitrogens is 5. The molecule has 0 amide bonds. The molecule has 0 saturated heterocycles. The highest BCUT2D eigenvalue weighted by molar-refractivity contribution is 7.98. The maximum atomic E-state index is 5.84. The first-order valence-corrected chi connectivity index (χ1v) is 7.36. The standard InChI is InChI=1S/C12H11ClN6OS/c1-19-11(14)17-18-12(19)21-6-9-15-16-10(20-9)7-2-4-8(13)5-3-7/h2-5H,6H2,1H3,(H2,14,17). The zero-order valence-electron chi connectivity index (χ0n) is 11.0. The molecular weight excluding hydrogens is 312 g/mol. The Morgan fingerprint density at radius 2 is 1.95 bits per heavy atom. The van der Waals surface area contributed by atoms with Gasteiger partial charge in [-0.05, 0) is 24.3 Å². The zero-order chi connectivity index (χ0) is 14.8. The molecule has 0 aliphatic carbocycles. The van der Waals surface area contributed by atoms with Crippen molar-refractivity contribution in [2.45, 2.75) is 10.9 Å². The summed E-state index contributed by atoms with van der Waals surface area (Å²) in [6, 6.07) is 7.21. The molecule has 0 bridgehead atoms. The van der Waals surface area contributed by atoms with Gasteiger partial charge in [0.15, 0.2) is 5.16 Å². The molecule has 2 N–H and O–H groups in total. The number of hydrogen-bond donors (Lipinski definition) is 1. The Bertz CT molecular complexity index is 753. The Morgan fingerprint density at radius 3 is 2.62 bits per heavy atom. The Balaban J connectivity index is 1.70. The number of nitrogen functional groups attached to an aromatic ring is 1. The van der Waals surface area contributed by atoms with Crippen molar-refractivity contribution in [2.24, 2.45) is 7.05 Å². The van der Waals surface area contributed by atoms with E-state index < -0.39 is 0 Å². The van der Waals surface area contributed by atoms with Gasteiger partial charge in [-0.2, -0.15) is 0 Å². The van der Waals surface area contributed by atoms with E-state index in [1.165, 1.54) is 11.8 Å². The van der Waals surface area contributed by atoms with Crippen LogP contribution in [0.25, 0.3) is 11.5 Å². The van der Waals surface area contributed by atoms with Crippen molar-refractivity contribution in [2.75, 3.05) is 5.73 Å². The molecule has 2 heterocycles. The van der Waals surface area contributed by atoms with E-state index >= 15 is 0 Å². The number of rotatable bonds is 4. The van der Waals surface area contributed by atoms with Crippen LogP contribution in [0.15, 0.2) is 33.8 Å². The highest BCUT2D eigenvalue weighted by atomic mass is 35.5. The molecule has 9 heteroatoms. The first-order valence-electron chi connectivity index (χ1n) is 5.99. The number of anilines is 1. The summed E-state index contributed by atoms with van der Waals surface area (Å²) in [6.45, 7) is 0. The number of benzene rings is 1. The van der Waals surface area contributed by atoms with Crippen LogP contribution in [-0.4, -0.2) is 25.0 Å². The molecule has 0 spiro atoms. The Labute approximate surface area is 129 Å². The SMILES string of the molecule is Cn1c(N)nnc1SCc1nnc(-c2ccc(Cl)cc2)o1. The fraction of sp³-hybridized carbons (Fsp3) is 0.167. The minimum Gasteiger partial charge on any atom is -0.420 e. The molecular formula is C12H11ClN6OS. The van der Waals surface area contributed by atoms with Gasteiger partial charge in [0.1, 0.15) is 0 Å². The van der Waals surface area contributed by atoms with Crippen LogP contribution in [0, 0.1) is 0 Å². The number of hydrogen-bond acceptors (Lipinski definition) is 7. The van der Waals surface area contributed by atoms with Crippen LogP contribution in [0.2, 0.25) is 5.02 Å². The quantitative estimate of drug-likeness (QED) is 0.737. The van der Waals surface area contributed by atoms with Crippen molar-refractivity contribution in [1.82, 2.24) is 25.0 Å². The van der Waals surface area contributed by atoms with Crippen LogP contribution in [0.1, 0.15) is 5.89 Å². The fourth-order valence-electron chi connectivity index (χ4n) is 1.60. The third-order valence-corrected chi connectivity index (χ3v) is 4.01. The third-order valence-electron chi connectivity index (χ3n) is 2.75. The molecule has 7 nitrogen and oxygen atoms in total. The van der Waals surface area contributed by atoms with Crippen molar-refractivity contribution in [3.63, 3.8) is 0 Å². The van der Waals surface area contributed by atoms with Crippen molar-refractivity contribution < 1.29 is 4.42 Å². The maximum absolute atomic E-state index is 5.84. The summed E-state index contributed by atoms with van der Waals surface area (Å²) >= 11 is 7.27. The third kappa shape index (κ3) is 3.01. The highest BCUT2D eigenvalue weighted by Crippen LogP contribution is 2.24. The van der Waals surface area contributed by atoms with Gasteiger partial charge in [0.25, 0.3) is 0 Å². The van der Waals surface area contributed by atoms with Crippen LogP contribution in [0.4, 0.5) is 5.95 Å². The molecule has 0 atom stereocenters. The van der Waals surface area contributed by atoms with E-state index in [4.69, 9.17) is 21.8 Å². The molecule has 108 valence electrons. The van der Waals surface area contributed by atoms with E-state index in [1.54, 1.807) is 23.7 Å². The zero-order valence-corrected chi connectivity index (χ0v) is 12.6. The largest absolute Gasteiger partial charge is 0.420 e. The monoisotopic (exact) mass is 322 g/mol. The number of nitrogens with zero attached hydrogens (tertiary/aromatic N) is 5. The van der Waals surface area contributed by atoms with Gasteiger partial charge >= 0.3 is 0 Å². The molecule has 0 aliphatic rings. The van der Waals surface area contributed by atoms with E-state index in [2.05, 4.69) is 20.4 Å². The normalized spacial score (nSPS) is 11.0. The topological polar surface area (TPSA) is 95.7 Å². The predicted octanol–water partition coefficient (Wildman–Crippen LogP) is 2.39. The summed E-state index contributed by atoms with van der Waals surface area (Å²) in [7, 11) is 1.80. The van der Waals surface area contributed by atoms with E-state index in [0.717, 1.165) is 5.56 Å². The number of thioether (sulfide) groups is 1. The fourth-order valence-corrected chi connectivity index (χ4v) is 2.48. The second-order valence-electron chi connectivity index (χ2n) is 4.20. The summed E-state index contributed by atoms with van der Waals surface area (Å²) < 4.78 is 7.30. The van der Waals surface area contributed by atoms with Crippen molar-refractivity contribution in [3.05, 3.63) is 35.2 Å².